The normalized spacial score (nSPS) is 28.9. The predicted octanol–water partition coefficient (Wildman–Crippen LogP) is 15.3. The Hall–Kier alpha value is -1.21. The van der Waals surface area contributed by atoms with Crippen molar-refractivity contribution in [2.75, 3.05) is 52.7 Å². The third-order valence-corrected chi connectivity index (χ3v) is 17.0. The van der Waals surface area contributed by atoms with E-state index >= 15 is 0 Å². The van der Waals surface area contributed by atoms with Crippen LogP contribution in [0.15, 0.2) is 23.8 Å². The summed E-state index contributed by atoms with van der Waals surface area (Å²) in [6, 6.07) is 0. The largest absolute Gasteiger partial charge is 0.462 e. The second kappa shape index (κ2) is 30.2. The van der Waals surface area contributed by atoms with Crippen molar-refractivity contribution in [2.24, 2.45) is 40.4 Å². The zero-order chi connectivity index (χ0) is 43.9. The SMILES string of the molecule is C.CCCCCCCC/C=C\CCCCCCCCOCC(CN1CCCCC1)OCCOC(=O)COC1CCC2(C)C(=CCC3C2CCC2(C)C(CCCCC(C)C)CCC32)C1. The van der Waals surface area contributed by atoms with Crippen LogP contribution in [0.5, 0.6) is 0 Å². The van der Waals surface area contributed by atoms with Gasteiger partial charge in [-0.15, -0.1) is 0 Å². The summed E-state index contributed by atoms with van der Waals surface area (Å²) in [6.07, 6.45) is 45.8. The van der Waals surface area contributed by atoms with E-state index in [0.717, 1.165) is 75.1 Å². The van der Waals surface area contributed by atoms with Gasteiger partial charge in [-0.2, -0.15) is 0 Å². The van der Waals surface area contributed by atoms with E-state index in [2.05, 4.69) is 57.7 Å². The van der Waals surface area contributed by atoms with E-state index in [1.807, 2.05) is 0 Å². The maximum Gasteiger partial charge on any atom is 0.332 e. The molecule has 63 heavy (non-hydrogen) atoms. The summed E-state index contributed by atoms with van der Waals surface area (Å²) in [5.41, 5.74) is 2.48. The molecule has 366 valence electrons. The summed E-state index contributed by atoms with van der Waals surface area (Å²) in [5.74, 6) is 4.07. The van der Waals surface area contributed by atoms with Gasteiger partial charge in [-0.25, -0.2) is 4.79 Å². The first-order valence-electron chi connectivity index (χ1n) is 27.3. The first-order chi connectivity index (χ1) is 30.2. The number of nitrogens with zero attached hydrogens (tertiary/aromatic N) is 1. The molecule has 0 aromatic heterocycles. The molecule has 0 N–H and O–H groups in total. The zero-order valence-electron chi connectivity index (χ0n) is 41.4. The van der Waals surface area contributed by atoms with Crippen molar-refractivity contribution in [1.82, 2.24) is 4.90 Å². The number of unbranched alkanes of at least 4 members (excludes halogenated alkanes) is 13. The van der Waals surface area contributed by atoms with Crippen LogP contribution in [-0.2, 0) is 23.7 Å². The molecule has 6 nitrogen and oxygen atoms in total. The Labute approximate surface area is 390 Å². The van der Waals surface area contributed by atoms with Gasteiger partial charge in [0, 0.05) is 13.2 Å². The van der Waals surface area contributed by atoms with Gasteiger partial charge in [0.1, 0.15) is 13.2 Å². The van der Waals surface area contributed by atoms with Crippen LogP contribution in [0.2, 0.25) is 0 Å². The van der Waals surface area contributed by atoms with Crippen LogP contribution in [0, 0.1) is 40.4 Å². The molecule has 5 rings (SSSR count). The van der Waals surface area contributed by atoms with Gasteiger partial charge in [0.15, 0.2) is 0 Å². The Morgan fingerprint density at radius 1 is 0.794 bits per heavy atom. The van der Waals surface area contributed by atoms with Gasteiger partial charge in [-0.05, 0) is 156 Å². The molecule has 6 heteroatoms. The fourth-order valence-electron chi connectivity index (χ4n) is 13.1. The summed E-state index contributed by atoms with van der Waals surface area (Å²) in [6.45, 7) is 17.6. The Morgan fingerprint density at radius 3 is 2.24 bits per heavy atom. The number of allylic oxidation sites excluding steroid dienone is 3. The number of rotatable bonds is 32. The second-order valence-corrected chi connectivity index (χ2v) is 22.0. The topological polar surface area (TPSA) is 57.2 Å². The Kier molecular flexibility index (Phi) is 26.1. The van der Waals surface area contributed by atoms with Crippen molar-refractivity contribution in [3.05, 3.63) is 23.8 Å². The summed E-state index contributed by atoms with van der Waals surface area (Å²) in [5, 5.41) is 0. The third-order valence-electron chi connectivity index (χ3n) is 17.0. The molecule has 4 fully saturated rings. The lowest BCUT2D eigenvalue weighted by Gasteiger charge is -2.58. The number of carbonyl (C=O) groups excluding carboxylic acids is 1. The van der Waals surface area contributed by atoms with Gasteiger partial charge in [-0.1, -0.05) is 149 Å². The molecule has 3 saturated carbocycles. The fraction of sp³-hybridized carbons (Fsp3) is 0.912. The van der Waals surface area contributed by atoms with Gasteiger partial charge in [0.25, 0.3) is 0 Å². The quantitative estimate of drug-likeness (QED) is 0.0381. The standard InChI is InChI=1S/C56H99NO5.CH4/c1-6-7-8-9-10-11-12-13-14-15-16-17-18-19-20-26-39-59-44-50(43-57-37-24-21-25-38-57)60-40-41-61-54(58)45-62-49-33-35-56(5)48(42-49)29-31-51-52-32-30-47(28-23-22-27-46(2)3)55(52,4)36-34-53(51)56;/h13-14,29,46-47,49-53H,6-12,15-28,30-45H2,1-5H3;1H4/b14-13-;. The number of hydrogen-bond donors (Lipinski definition) is 0. The van der Waals surface area contributed by atoms with Crippen molar-refractivity contribution >= 4 is 5.97 Å². The number of likely N-dealkylation sites (tertiary alicyclic amines) is 1. The molecule has 5 aliphatic rings. The lowest BCUT2D eigenvalue weighted by Crippen LogP contribution is -2.50. The number of esters is 1. The van der Waals surface area contributed by atoms with Crippen molar-refractivity contribution in [2.45, 2.75) is 240 Å². The zero-order valence-corrected chi connectivity index (χ0v) is 41.4. The van der Waals surface area contributed by atoms with Crippen molar-refractivity contribution in [3.8, 4) is 0 Å². The molecule has 1 heterocycles. The summed E-state index contributed by atoms with van der Waals surface area (Å²) >= 11 is 0. The van der Waals surface area contributed by atoms with Crippen LogP contribution in [0.25, 0.3) is 0 Å². The van der Waals surface area contributed by atoms with Gasteiger partial charge < -0.3 is 23.8 Å². The molecule has 4 aliphatic carbocycles. The van der Waals surface area contributed by atoms with E-state index in [-0.39, 0.29) is 38.8 Å². The monoisotopic (exact) mass is 882 g/mol. The van der Waals surface area contributed by atoms with E-state index in [4.69, 9.17) is 18.9 Å². The van der Waals surface area contributed by atoms with Crippen LogP contribution in [-0.4, -0.2) is 75.7 Å². The highest BCUT2D eigenvalue weighted by atomic mass is 16.6. The van der Waals surface area contributed by atoms with Crippen LogP contribution >= 0.6 is 0 Å². The average Bonchev–Trinajstić information content (AvgIpc) is 3.61. The molecule has 1 saturated heterocycles. The first kappa shape index (κ1) is 54.4. The molecule has 0 aromatic carbocycles. The number of ether oxygens (including phenoxy) is 4. The van der Waals surface area contributed by atoms with E-state index in [9.17, 15) is 4.79 Å². The molecular weight excluding hydrogens is 779 g/mol. The van der Waals surface area contributed by atoms with Crippen LogP contribution < -0.4 is 0 Å². The van der Waals surface area contributed by atoms with Gasteiger partial charge in [0.05, 0.1) is 25.4 Å². The van der Waals surface area contributed by atoms with Gasteiger partial charge in [0.2, 0.25) is 0 Å². The molecular formula is C57H103NO5. The highest BCUT2D eigenvalue weighted by Crippen LogP contribution is 2.67. The Balaban J connectivity index is 0.00000871. The molecule has 0 radical (unpaired) electrons. The minimum absolute atomic E-state index is 0. The number of fused-ring (bicyclic) bond motifs is 5. The van der Waals surface area contributed by atoms with Crippen LogP contribution in [0.3, 0.4) is 0 Å². The second-order valence-electron chi connectivity index (χ2n) is 22.0. The fourth-order valence-corrected chi connectivity index (χ4v) is 13.1. The molecule has 1 aliphatic heterocycles. The Bertz CT molecular complexity index is 1270. The summed E-state index contributed by atoms with van der Waals surface area (Å²) in [7, 11) is 0. The minimum Gasteiger partial charge on any atom is -0.462 e. The summed E-state index contributed by atoms with van der Waals surface area (Å²) in [4.78, 5) is 15.4. The lowest BCUT2D eigenvalue weighted by atomic mass is 9.47. The molecule has 0 bridgehead atoms. The van der Waals surface area contributed by atoms with Crippen molar-refractivity contribution in [3.63, 3.8) is 0 Å². The Morgan fingerprint density at radius 2 is 1.51 bits per heavy atom. The molecule has 8 unspecified atom stereocenters. The number of hydrogen-bond acceptors (Lipinski definition) is 6. The highest BCUT2D eigenvalue weighted by molar-refractivity contribution is 5.70. The van der Waals surface area contributed by atoms with Gasteiger partial charge in [-0.3, -0.25) is 0 Å². The number of piperidine rings is 1. The van der Waals surface area contributed by atoms with Crippen molar-refractivity contribution in [1.29, 1.82) is 0 Å². The molecule has 0 amide bonds. The van der Waals surface area contributed by atoms with E-state index in [0.29, 0.717) is 24.0 Å². The molecule has 8 atom stereocenters. The van der Waals surface area contributed by atoms with Crippen molar-refractivity contribution < 1.29 is 23.7 Å². The van der Waals surface area contributed by atoms with Crippen LogP contribution in [0.1, 0.15) is 228 Å². The molecule has 0 aromatic rings. The maximum atomic E-state index is 12.9. The predicted molar refractivity (Wildman–Crippen MR) is 266 cm³/mol. The maximum absolute atomic E-state index is 12.9. The van der Waals surface area contributed by atoms with E-state index < -0.39 is 0 Å². The number of carbonyl (C=O) groups is 1. The smallest absolute Gasteiger partial charge is 0.332 e. The van der Waals surface area contributed by atoms with Gasteiger partial charge >= 0.3 is 5.97 Å². The highest BCUT2D eigenvalue weighted by Gasteiger charge is 2.58. The average molecular weight is 882 g/mol. The summed E-state index contributed by atoms with van der Waals surface area (Å²) < 4.78 is 24.4. The minimum atomic E-state index is -0.269. The lowest BCUT2D eigenvalue weighted by molar-refractivity contribution is -0.154. The molecule has 0 spiro atoms. The first-order valence-corrected chi connectivity index (χ1v) is 27.3. The van der Waals surface area contributed by atoms with E-state index in [1.54, 1.807) is 5.57 Å². The third kappa shape index (κ3) is 18.1. The van der Waals surface area contributed by atoms with E-state index in [1.165, 1.54) is 167 Å². The van der Waals surface area contributed by atoms with Crippen LogP contribution in [0.4, 0.5) is 0 Å².